The van der Waals surface area contributed by atoms with Crippen molar-refractivity contribution in [3.05, 3.63) is 52.5 Å². The summed E-state index contributed by atoms with van der Waals surface area (Å²) in [7, 11) is 1.49. The number of nitrogens with one attached hydrogen (secondary N) is 2. The van der Waals surface area contributed by atoms with E-state index in [1.807, 2.05) is 0 Å². The number of hydrogen-bond acceptors (Lipinski definition) is 5. The van der Waals surface area contributed by atoms with Crippen molar-refractivity contribution in [1.82, 2.24) is 14.8 Å². The molecule has 1 aliphatic rings. The fraction of sp³-hybridized carbons (Fsp3) is 0.158. The number of carbonyl (C=O) groups is 2. The number of halogens is 2. The van der Waals surface area contributed by atoms with Crippen LogP contribution in [-0.4, -0.2) is 33.7 Å². The molecular weight excluding hydrogens is 417 g/mol. The number of rotatable bonds is 5. The highest BCUT2D eigenvalue weighted by molar-refractivity contribution is 6.31. The second-order valence-corrected chi connectivity index (χ2v) is 7.19. The van der Waals surface area contributed by atoms with Gasteiger partial charge in [0.1, 0.15) is 11.8 Å². The molecule has 1 atom stereocenters. The third-order valence-corrected chi connectivity index (χ3v) is 4.87. The number of methoxy groups -OCH3 is 1. The molecule has 1 unspecified atom stereocenters. The van der Waals surface area contributed by atoms with Crippen molar-refractivity contribution < 1.29 is 14.3 Å². The molecule has 0 bridgehead atoms. The summed E-state index contributed by atoms with van der Waals surface area (Å²) in [6.45, 7) is 0. The lowest BCUT2D eigenvalue weighted by molar-refractivity contribution is -0.123. The summed E-state index contributed by atoms with van der Waals surface area (Å²) in [5.41, 5.74) is 1.17. The standard InChI is InChI=1S/C19H15Cl2N5O3/c1-29-15-7-6-12(21)8-13(15)22-16(27)9-14-18(28)24-19-23-17(25-26(14)19)10-2-4-11(20)5-3-10/h2-8,14H,9H2,1H3,(H,22,27)(H,23,24,25,28). The van der Waals surface area contributed by atoms with Crippen LogP contribution in [0.5, 0.6) is 5.75 Å². The van der Waals surface area contributed by atoms with Gasteiger partial charge in [-0.1, -0.05) is 23.2 Å². The molecule has 3 aromatic rings. The molecular formula is C19H15Cl2N5O3. The first-order chi connectivity index (χ1) is 13.9. The zero-order valence-electron chi connectivity index (χ0n) is 15.1. The third kappa shape index (κ3) is 3.90. The summed E-state index contributed by atoms with van der Waals surface area (Å²) in [5, 5.41) is 10.8. The highest BCUT2D eigenvalue weighted by atomic mass is 35.5. The van der Waals surface area contributed by atoms with E-state index in [0.29, 0.717) is 27.3 Å². The number of carbonyl (C=O) groups excluding carboxylic acids is 2. The maximum absolute atomic E-state index is 12.6. The van der Waals surface area contributed by atoms with Gasteiger partial charge in [0.2, 0.25) is 11.9 Å². The number of ether oxygens (including phenoxy) is 1. The van der Waals surface area contributed by atoms with E-state index in [4.69, 9.17) is 27.9 Å². The fourth-order valence-electron chi connectivity index (χ4n) is 2.99. The molecule has 10 heteroatoms. The Morgan fingerprint density at radius 2 is 1.93 bits per heavy atom. The number of nitrogens with zero attached hydrogens (tertiary/aromatic N) is 3. The Morgan fingerprint density at radius 3 is 2.66 bits per heavy atom. The van der Waals surface area contributed by atoms with Gasteiger partial charge in [-0.05, 0) is 42.5 Å². The van der Waals surface area contributed by atoms with Gasteiger partial charge in [-0.2, -0.15) is 4.98 Å². The van der Waals surface area contributed by atoms with E-state index in [0.717, 1.165) is 5.56 Å². The molecule has 0 radical (unpaired) electrons. The Bertz CT molecular complexity index is 1100. The zero-order valence-corrected chi connectivity index (χ0v) is 16.7. The number of fused-ring (bicyclic) bond motifs is 1. The van der Waals surface area contributed by atoms with Crippen LogP contribution in [0.15, 0.2) is 42.5 Å². The average Bonchev–Trinajstić information content (AvgIpc) is 3.21. The van der Waals surface area contributed by atoms with Crippen LogP contribution in [0.4, 0.5) is 11.6 Å². The summed E-state index contributed by atoms with van der Waals surface area (Å²) >= 11 is 11.9. The van der Waals surface area contributed by atoms with Crippen molar-refractivity contribution in [3.63, 3.8) is 0 Å². The Labute approximate surface area is 175 Å². The maximum Gasteiger partial charge on any atom is 0.252 e. The predicted molar refractivity (Wildman–Crippen MR) is 109 cm³/mol. The van der Waals surface area contributed by atoms with Gasteiger partial charge in [0.05, 0.1) is 19.2 Å². The van der Waals surface area contributed by atoms with Crippen molar-refractivity contribution in [2.24, 2.45) is 0 Å². The molecule has 4 rings (SSSR count). The minimum Gasteiger partial charge on any atom is -0.495 e. The Balaban J connectivity index is 1.53. The lowest BCUT2D eigenvalue weighted by Gasteiger charge is -2.12. The molecule has 0 aliphatic carbocycles. The molecule has 0 saturated heterocycles. The molecule has 0 spiro atoms. The van der Waals surface area contributed by atoms with Crippen LogP contribution >= 0.6 is 23.2 Å². The van der Waals surface area contributed by atoms with Crippen molar-refractivity contribution >= 4 is 46.7 Å². The summed E-state index contributed by atoms with van der Waals surface area (Å²) in [6.07, 6.45) is -0.127. The second kappa shape index (κ2) is 7.73. The number of amides is 2. The molecule has 0 fully saturated rings. The van der Waals surface area contributed by atoms with Crippen LogP contribution in [0, 0.1) is 0 Å². The molecule has 2 heterocycles. The van der Waals surface area contributed by atoms with Crippen LogP contribution in [-0.2, 0) is 9.59 Å². The quantitative estimate of drug-likeness (QED) is 0.640. The van der Waals surface area contributed by atoms with Gasteiger partial charge in [0, 0.05) is 15.6 Å². The SMILES string of the molecule is COc1ccc(Cl)cc1NC(=O)CC1C(=O)Nc2nc(-c3ccc(Cl)cc3)nn21. The normalized spacial score (nSPS) is 15.0. The van der Waals surface area contributed by atoms with Crippen LogP contribution in [0.1, 0.15) is 12.5 Å². The Morgan fingerprint density at radius 1 is 1.21 bits per heavy atom. The predicted octanol–water partition coefficient (Wildman–Crippen LogP) is 3.78. The number of anilines is 2. The minimum atomic E-state index is -0.816. The first-order valence-electron chi connectivity index (χ1n) is 8.61. The Hall–Kier alpha value is -3.10. The first-order valence-corrected chi connectivity index (χ1v) is 9.37. The van der Waals surface area contributed by atoms with E-state index in [1.54, 1.807) is 42.5 Å². The Kier molecular flexibility index (Phi) is 5.12. The molecule has 29 heavy (non-hydrogen) atoms. The molecule has 1 aliphatic heterocycles. The summed E-state index contributed by atoms with van der Waals surface area (Å²) in [5.74, 6) is 0.444. The van der Waals surface area contributed by atoms with Gasteiger partial charge in [-0.25, -0.2) is 4.68 Å². The highest BCUT2D eigenvalue weighted by Gasteiger charge is 2.35. The molecule has 2 amide bonds. The summed E-state index contributed by atoms with van der Waals surface area (Å²) in [6, 6.07) is 11.1. The smallest absolute Gasteiger partial charge is 0.252 e. The van der Waals surface area contributed by atoms with Gasteiger partial charge in [-0.3, -0.25) is 14.9 Å². The van der Waals surface area contributed by atoms with E-state index in [1.165, 1.54) is 11.8 Å². The van der Waals surface area contributed by atoms with Crippen molar-refractivity contribution in [1.29, 1.82) is 0 Å². The number of benzene rings is 2. The average molecular weight is 432 g/mol. The van der Waals surface area contributed by atoms with Crippen molar-refractivity contribution in [3.8, 4) is 17.1 Å². The second-order valence-electron chi connectivity index (χ2n) is 6.31. The van der Waals surface area contributed by atoms with Crippen LogP contribution in [0.2, 0.25) is 10.0 Å². The van der Waals surface area contributed by atoms with Crippen LogP contribution in [0.25, 0.3) is 11.4 Å². The molecule has 2 N–H and O–H groups in total. The maximum atomic E-state index is 12.6. The van der Waals surface area contributed by atoms with E-state index < -0.39 is 6.04 Å². The largest absolute Gasteiger partial charge is 0.495 e. The van der Waals surface area contributed by atoms with E-state index in [-0.39, 0.29) is 24.2 Å². The van der Waals surface area contributed by atoms with E-state index in [2.05, 4.69) is 20.7 Å². The van der Waals surface area contributed by atoms with Crippen molar-refractivity contribution in [2.45, 2.75) is 12.5 Å². The van der Waals surface area contributed by atoms with Gasteiger partial charge in [-0.15, -0.1) is 5.10 Å². The molecule has 1 aromatic heterocycles. The monoisotopic (exact) mass is 431 g/mol. The summed E-state index contributed by atoms with van der Waals surface area (Å²) < 4.78 is 6.64. The minimum absolute atomic E-state index is 0.127. The van der Waals surface area contributed by atoms with Gasteiger partial charge < -0.3 is 10.1 Å². The fourth-order valence-corrected chi connectivity index (χ4v) is 3.28. The van der Waals surface area contributed by atoms with E-state index >= 15 is 0 Å². The highest BCUT2D eigenvalue weighted by Crippen LogP contribution is 2.31. The molecule has 2 aromatic carbocycles. The molecule has 148 valence electrons. The molecule has 8 nitrogen and oxygen atoms in total. The van der Waals surface area contributed by atoms with Crippen molar-refractivity contribution in [2.75, 3.05) is 17.7 Å². The van der Waals surface area contributed by atoms with Gasteiger partial charge in [0.15, 0.2) is 5.82 Å². The summed E-state index contributed by atoms with van der Waals surface area (Å²) in [4.78, 5) is 29.2. The topological polar surface area (TPSA) is 98.1 Å². The lowest BCUT2D eigenvalue weighted by Crippen LogP contribution is -2.24. The van der Waals surface area contributed by atoms with Gasteiger partial charge >= 0.3 is 0 Å². The van der Waals surface area contributed by atoms with Crippen LogP contribution in [0.3, 0.4) is 0 Å². The molecule has 0 saturated carbocycles. The van der Waals surface area contributed by atoms with Gasteiger partial charge in [0.25, 0.3) is 5.91 Å². The van der Waals surface area contributed by atoms with E-state index in [9.17, 15) is 9.59 Å². The zero-order chi connectivity index (χ0) is 20.5. The lowest BCUT2D eigenvalue weighted by atomic mass is 10.2. The number of aromatic nitrogens is 3. The first kappa shape index (κ1) is 19.2. The number of hydrogen-bond donors (Lipinski definition) is 2. The third-order valence-electron chi connectivity index (χ3n) is 4.38. The van der Waals surface area contributed by atoms with Crippen LogP contribution < -0.4 is 15.4 Å².